The van der Waals surface area contributed by atoms with E-state index in [0.29, 0.717) is 22.3 Å². The van der Waals surface area contributed by atoms with Crippen molar-refractivity contribution < 1.29 is 22.4 Å². The van der Waals surface area contributed by atoms with Gasteiger partial charge in [0, 0.05) is 11.1 Å². The van der Waals surface area contributed by atoms with Crippen molar-refractivity contribution in [2.45, 2.75) is 0 Å². The van der Waals surface area contributed by atoms with Crippen LogP contribution >= 0.6 is 0 Å². The maximum atomic E-state index is 13.5. The molecule has 0 N–H and O–H groups in total. The van der Waals surface area contributed by atoms with Gasteiger partial charge in [-0.1, -0.05) is 24.3 Å². The first-order valence-electron chi connectivity index (χ1n) is 7.85. The van der Waals surface area contributed by atoms with Gasteiger partial charge in [0.25, 0.3) is 5.78 Å². The first kappa shape index (κ1) is 16.0. The molecule has 0 aliphatic rings. The fourth-order valence-electron chi connectivity index (χ4n) is 2.84. The summed E-state index contributed by atoms with van der Waals surface area (Å²) in [6.07, 6.45) is 2.72. The second kappa shape index (κ2) is 6.44. The van der Waals surface area contributed by atoms with Crippen LogP contribution in [0.5, 0.6) is 0 Å². The lowest BCUT2D eigenvalue weighted by molar-refractivity contribution is 0.0985. The number of hydrogen-bond donors (Lipinski definition) is 0. The average molecular weight is 350 g/mol. The van der Waals surface area contributed by atoms with Crippen molar-refractivity contribution in [3.63, 3.8) is 0 Å². The lowest BCUT2D eigenvalue weighted by atomic mass is 10.00. The zero-order valence-electron chi connectivity index (χ0n) is 13.4. The van der Waals surface area contributed by atoms with Crippen molar-refractivity contribution >= 4 is 5.78 Å². The molecule has 2 heterocycles. The Morgan fingerprint density at radius 2 is 1.15 bits per heavy atom. The number of ketones is 1. The number of rotatable bonds is 4. The average Bonchev–Trinajstić information content (AvgIpc) is 3.31. The SMILES string of the molecule is O=C(c1occc1-c1cccc(F)c1)c1occc1-c1cccc(F)c1. The Hall–Kier alpha value is -3.47. The van der Waals surface area contributed by atoms with Gasteiger partial charge >= 0.3 is 0 Å². The fraction of sp³-hybridized carbons (Fsp3) is 0. The summed E-state index contributed by atoms with van der Waals surface area (Å²) >= 11 is 0. The topological polar surface area (TPSA) is 43.4 Å². The minimum absolute atomic E-state index is 0.0307. The molecule has 0 saturated carbocycles. The van der Waals surface area contributed by atoms with Crippen molar-refractivity contribution in [2.24, 2.45) is 0 Å². The molecule has 3 nitrogen and oxygen atoms in total. The molecule has 0 aliphatic heterocycles. The Morgan fingerprint density at radius 3 is 1.58 bits per heavy atom. The van der Waals surface area contributed by atoms with Crippen LogP contribution in [0.4, 0.5) is 8.78 Å². The van der Waals surface area contributed by atoms with Gasteiger partial charge in [0.05, 0.1) is 12.5 Å². The lowest BCUT2D eigenvalue weighted by Gasteiger charge is -2.04. The second-order valence-corrected chi connectivity index (χ2v) is 5.68. The molecule has 5 heteroatoms. The van der Waals surface area contributed by atoms with E-state index in [1.807, 2.05) is 0 Å². The van der Waals surface area contributed by atoms with E-state index in [0.717, 1.165) is 0 Å². The van der Waals surface area contributed by atoms with Crippen LogP contribution in [0.1, 0.15) is 16.3 Å². The fourth-order valence-corrected chi connectivity index (χ4v) is 2.84. The van der Waals surface area contributed by atoms with E-state index < -0.39 is 17.4 Å². The zero-order chi connectivity index (χ0) is 18.1. The van der Waals surface area contributed by atoms with Crippen LogP contribution in [0, 0.1) is 11.6 Å². The number of halogens is 2. The highest BCUT2D eigenvalue weighted by Crippen LogP contribution is 2.32. The van der Waals surface area contributed by atoms with Gasteiger partial charge in [-0.25, -0.2) is 8.78 Å². The smallest absolute Gasteiger partial charge is 0.264 e. The molecule has 26 heavy (non-hydrogen) atoms. The van der Waals surface area contributed by atoms with Gasteiger partial charge in [0.15, 0.2) is 11.5 Å². The quantitative estimate of drug-likeness (QED) is 0.442. The van der Waals surface area contributed by atoms with E-state index in [1.165, 1.54) is 36.8 Å². The van der Waals surface area contributed by atoms with Crippen molar-refractivity contribution in [2.75, 3.05) is 0 Å². The highest BCUT2D eigenvalue weighted by Gasteiger charge is 2.25. The van der Waals surface area contributed by atoms with Crippen molar-refractivity contribution in [3.05, 3.63) is 96.3 Å². The summed E-state index contributed by atoms with van der Waals surface area (Å²) in [6, 6.07) is 14.9. The van der Waals surface area contributed by atoms with Crippen LogP contribution in [0.2, 0.25) is 0 Å². The first-order valence-corrected chi connectivity index (χ1v) is 7.85. The molecule has 0 spiro atoms. The number of carbonyl (C=O) groups excluding carboxylic acids is 1. The Balaban J connectivity index is 1.78. The molecule has 0 amide bonds. The summed E-state index contributed by atoms with van der Waals surface area (Å²) in [7, 11) is 0. The van der Waals surface area contributed by atoms with Crippen molar-refractivity contribution in [1.29, 1.82) is 0 Å². The number of benzene rings is 2. The van der Waals surface area contributed by atoms with Gasteiger partial charge in [-0.15, -0.1) is 0 Å². The molecule has 128 valence electrons. The summed E-state index contributed by atoms with van der Waals surface area (Å²) < 4.78 is 37.7. The molecular formula is C21H12F2O3. The molecule has 4 aromatic rings. The standard InChI is InChI=1S/C21H12F2O3/c22-15-5-1-3-13(11-15)17-7-9-25-20(17)19(24)21-18(8-10-26-21)14-4-2-6-16(23)12-14/h1-12H. The van der Waals surface area contributed by atoms with Gasteiger partial charge in [-0.3, -0.25) is 4.79 Å². The Morgan fingerprint density at radius 1 is 0.692 bits per heavy atom. The van der Waals surface area contributed by atoms with Gasteiger partial charge in [-0.05, 0) is 47.5 Å². The van der Waals surface area contributed by atoms with E-state index in [2.05, 4.69) is 0 Å². The van der Waals surface area contributed by atoms with Crippen LogP contribution < -0.4 is 0 Å². The zero-order valence-corrected chi connectivity index (χ0v) is 13.4. The summed E-state index contributed by atoms with van der Waals surface area (Å²) in [5.41, 5.74) is 1.94. The number of furan rings is 2. The van der Waals surface area contributed by atoms with Crippen LogP contribution in [-0.2, 0) is 0 Å². The monoisotopic (exact) mass is 350 g/mol. The second-order valence-electron chi connectivity index (χ2n) is 5.68. The Bertz CT molecular complexity index is 1010. The van der Waals surface area contributed by atoms with Crippen LogP contribution in [-0.4, -0.2) is 5.78 Å². The molecule has 2 aromatic carbocycles. The van der Waals surface area contributed by atoms with E-state index >= 15 is 0 Å². The molecular weight excluding hydrogens is 338 g/mol. The highest BCUT2D eigenvalue weighted by molar-refractivity contribution is 6.12. The van der Waals surface area contributed by atoms with E-state index in [9.17, 15) is 13.6 Å². The Labute approximate surface area is 147 Å². The summed E-state index contributed by atoms with van der Waals surface area (Å²) in [5, 5.41) is 0. The normalized spacial score (nSPS) is 10.8. The van der Waals surface area contributed by atoms with Gasteiger partial charge < -0.3 is 8.83 Å². The molecule has 0 saturated heterocycles. The summed E-state index contributed by atoms with van der Waals surface area (Å²) in [5.74, 6) is -1.27. The number of carbonyl (C=O) groups is 1. The first-order chi connectivity index (χ1) is 12.6. The number of hydrogen-bond acceptors (Lipinski definition) is 3. The molecule has 2 aromatic heterocycles. The van der Waals surface area contributed by atoms with E-state index in [1.54, 1.807) is 36.4 Å². The van der Waals surface area contributed by atoms with E-state index in [-0.39, 0.29) is 11.5 Å². The lowest BCUT2D eigenvalue weighted by Crippen LogP contribution is -2.02. The van der Waals surface area contributed by atoms with Crippen LogP contribution in [0.3, 0.4) is 0 Å². The van der Waals surface area contributed by atoms with Crippen molar-refractivity contribution in [3.8, 4) is 22.3 Å². The molecule has 0 fully saturated rings. The van der Waals surface area contributed by atoms with Gasteiger partial charge in [0.2, 0.25) is 0 Å². The van der Waals surface area contributed by atoms with Gasteiger partial charge in [0.1, 0.15) is 11.6 Å². The highest BCUT2D eigenvalue weighted by atomic mass is 19.1. The summed E-state index contributed by atoms with van der Waals surface area (Å²) in [6.45, 7) is 0. The maximum Gasteiger partial charge on any atom is 0.264 e. The van der Waals surface area contributed by atoms with Crippen LogP contribution in [0.25, 0.3) is 22.3 Å². The summed E-state index contributed by atoms with van der Waals surface area (Å²) in [4.78, 5) is 13.0. The molecule has 0 atom stereocenters. The predicted molar refractivity (Wildman–Crippen MR) is 91.6 cm³/mol. The molecule has 0 aliphatic carbocycles. The van der Waals surface area contributed by atoms with E-state index in [4.69, 9.17) is 8.83 Å². The third-order valence-electron chi connectivity index (χ3n) is 4.01. The maximum absolute atomic E-state index is 13.5. The Kier molecular flexibility index (Phi) is 3.97. The molecule has 0 radical (unpaired) electrons. The predicted octanol–water partition coefficient (Wildman–Crippen LogP) is 5.72. The third-order valence-corrected chi connectivity index (χ3v) is 4.01. The van der Waals surface area contributed by atoms with Gasteiger partial charge in [-0.2, -0.15) is 0 Å². The molecule has 0 bridgehead atoms. The molecule has 4 rings (SSSR count). The van der Waals surface area contributed by atoms with Crippen LogP contribution in [0.15, 0.2) is 82.0 Å². The molecule has 0 unspecified atom stereocenters. The minimum atomic E-state index is -0.501. The minimum Gasteiger partial charge on any atom is -0.460 e. The third kappa shape index (κ3) is 2.84. The van der Waals surface area contributed by atoms with Crippen molar-refractivity contribution in [1.82, 2.24) is 0 Å². The largest absolute Gasteiger partial charge is 0.460 e.